The van der Waals surface area contributed by atoms with Gasteiger partial charge in [-0.05, 0) is 36.6 Å². The number of ether oxygens (including phenoxy) is 1. The van der Waals surface area contributed by atoms with Crippen LogP contribution in [0.15, 0.2) is 24.3 Å². The zero-order valence-electron chi connectivity index (χ0n) is 11.6. The third-order valence-corrected chi connectivity index (χ3v) is 2.95. The zero-order chi connectivity index (χ0) is 14.8. The van der Waals surface area contributed by atoms with Crippen LogP contribution in [-0.4, -0.2) is 37.4 Å². The number of halogens is 1. The van der Waals surface area contributed by atoms with E-state index in [1.54, 1.807) is 24.3 Å². The molecule has 20 heavy (non-hydrogen) atoms. The molecule has 5 nitrogen and oxygen atoms in total. The number of aliphatic hydroxyl groups excluding tert-OH is 1. The smallest absolute Gasteiger partial charge is 0.314 e. The van der Waals surface area contributed by atoms with E-state index in [-0.39, 0.29) is 18.6 Å². The first kappa shape index (κ1) is 16.6. The van der Waals surface area contributed by atoms with E-state index >= 15 is 0 Å². The van der Waals surface area contributed by atoms with Crippen molar-refractivity contribution in [2.24, 2.45) is 5.92 Å². The van der Waals surface area contributed by atoms with Gasteiger partial charge in [-0.15, -0.1) is 0 Å². The van der Waals surface area contributed by atoms with Gasteiger partial charge in [0.2, 0.25) is 0 Å². The van der Waals surface area contributed by atoms with E-state index in [9.17, 15) is 4.79 Å². The van der Waals surface area contributed by atoms with Crippen LogP contribution in [0.5, 0.6) is 5.75 Å². The second kappa shape index (κ2) is 9.44. The van der Waals surface area contributed by atoms with Gasteiger partial charge in [0.05, 0.1) is 6.54 Å². The normalized spacial score (nSPS) is 11.8. The molecule has 6 heteroatoms. The Morgan fingerprint density at radius 1 is 1.35 bits per heavy atom. The van der Waals surface area contributed by atoms with E-state index < -0.39 is 0 Å². The number of carbonyl (C=O) groups is 1. The second-order valence-corrected chi connectivity index (χ2v) is 4.99. The molecule has 0 saturated heterocycles. The topological polar surface area (TPSA) is 70.6 Å². The molecule has 0 bridgehead atoms. The van der Waals surface area contributed by atoms with E-state index in [2.05, 4.69) is 10.6 Å². The number of hydrogen-bond acceptors (Lipinski definition) is 3. The maximum Gasteiger partial charge on any atom is 0.314 e. The van der Waals surface area contributed by atoms with Gasteiger partial charge in [0.1, 0.15) is 12.4 Å². The highest BCUT2D eigenvalue weighted by Gasteiger charge is 2.04. The summed E-state index contributed by atoms with van der Waals surface area (Å²) < 4.78 is 5.44. The molecule has 0 fully saturated rings. The zero-order valence-corrected chi connectivity index (χ0v) is 12.3. The van der Waals surface area contributed by atoms with Gasteiger partial charge in [0.25, 0.3) is 0 Å². The van der Waals surface area contributed by atoms with Gasteiger partial charge in [0, 0.05) is 18.2 Å². The number of benzene rings is 1. The third-order valence-electron chi connectivity index (χ3n) is 2.70. The SMILES string of the molecule is CC(CCO)CNC(=O)NCCOc1ccc(Cl)cc1. The van der Waals surface area contributed by atoms with Crippen LogP contribution in [0.2, 0.25) is 5.02 Å². The number of aliphatic hydroxyl groups is 1. The van der Waals surface area contributed by atoms with Crippen LogP contribution in [0.3, 0.4) is 0 Å². The maximum atomic E-state index is 11.5. The minimum Gasteiger partial charge on any atom is -0.492 e. The Hall–Kier alpha value is -1.46. The molecule has 112 valence electrons. The summed E-state index contributed by atoms with van der Waals surface area (Å²) in [6, 6.07) is 6.83. The quantitative estimate of drug-likeness (QED) is 0.643. The van der Waals surface area contributed by atoms with Crippen molar-refractivity contribution in [2.75, 3.05) is 26.3 Å². The predicted molar refractivity (Wildman–Crippen MR) is 79.2 cm³/mol. The predicted octanol–water partition coefficient (Wildman–Crippen LogP) is 2.04. The molecule has 0 spiro atoms. The Morgan fingerprint density at radius 2 is 2.05 bits per heavy atom. The molecule has 0 radical (unpaired) electrons. The van der Waals surface area contributed by atoms with Crippen molar-refractivity contribution in [1.29, 1.82) is 0 Å². The molecule has 1 aromatic rings. The number of rotatable bonds is 8. The van der Waals surface area contributed by atoms with E-state index in [1.165, 1.54) is 0 Å². The lowest BCUT2D eigenvalue weighted by Crippen LogP contribution is -2.39. The molecule has 0 saturated carbocycles. The second-order valence-electron chi connectivity index (χ2n) is 4.56. The van der Waals surface area contributed by atoms with Crippen LogP contribution in [-0.2, 0) is 0 Å². The Morgan fingerprint density at radius 3 is 2.70 bits per heavy atom. The number of urea groups is 1. The molecule has 3 N–H and O–H groups in total. The van der Waals surface area contributed by atoms with Crippen LogP contribution in [0, 0.1) is 5.92 Å². The Labute approximate surface area is 124 Å². The van der Waals surface area contributed by atoms with Crippen LogP contribution in [0.1, 0.15) is 13.3 Å². The molecule has 0 aliphatic heterocycles. The third kappa shape index (κ3) is 7.21. The fraction of sp³-hybridized carbons (Fsp3) is 0.500. The molecule has 0 aliphatic rings. The number of carbonyl (C=O) groups excluding carboxylic acids is 1. The molecule has 1 unspecified atom stereocenters. The Bertz CT molecular complexity index is 398. The van der Waals surface area contributed by atoms with E-state index in [0.717, 1.165) is 0 Å². The summed E-state index contributed by atoms with van der Waals surface area (Å²) in [5, 5.41) is 14.8. The standard InChI is InChI=1S/C14H21ClN2O3/c1-11(6-8-18)10-17-14(19)16-7-9-20-13-4-2-12(15)3-5-13/h2-5,11,18H,6-10H2,1H3,(H2,16,17,19). The first-order chi connectivity index (χ1) is 9.61. The molecular weight excluding hydrogens is 280 g/mol. The first-order valence-electron chi connectivity index (χ1n) is 6.62. The Balaban J connectivity index is 2.08. The fourth-order valence-corrected chi connectivity index (χ4v) is 1.64. The monoisotopic (exact) mass is 300 g/mol. The maximum absolute atomic E-state index is 11.5. The van der Waals surface area contributed by atoms with Crippen LogP contribution in [0.4, 0.5) is 4.79 Å². The van der Waals surface area contributed by atoms with E-state index in [1.807, 2.05) is 6.92 Å². The van der Waals surface area contributed by atoms with E-state index in [0.29, 0.717) is 36.9 Å². The summed E-state index contributed by atoms with van der Waals surface area (Å²) in [6.07, 6.45) is 0.681. The summed E-state index contributed by atoms with van der Waals surface area (Å²) in [5.74, 6) is 0.976. The van der Waals surface area contributed by atoms with Crippen LogP contribution < -0.4 is 15.4 Å². The van der Waals surface area contributed by atoms with Gasteiger partial charge in [0.15, 0.2) is 0 Å². The lowest BCUT2D eigenvalue weighted by Gasteiger charge is -2.12. The molecule has 1 rings (SSSR count). The lowest BCUT2D eigenvalue weighted by atomic mass is 10.1. The van der Waals surface area contributed by atoms with Crippen molar-refractivity contribution in [1.82, 2.24) is 10.6 Å². The summed E-state index contributed by atoms with van der Waals surface area (Å²) in [7, 11) is 0. The van der Waals surface area contributed by atoms with Crippen LogP contribution >= 0.6 is 11.6 Å². The van der Waals surface area contributed by atoms with Gasteiger partial charge in [-0.1, -0.05) is 18.5 Å². The van der Waals surface area contributed by atoms with Crippen molar-refractivity contribution in [3.8, 4) is 5.75 Å². The average molecular weight is 301 g/mol. The number of amides is 2. The van der Waals surface area contributed by atoms with Crippen molar-refractivity contribution in [2.45, 2.75) is 13.3 Å². The van der Waals surface area contributed by atoms with E-state index in [4.69, 9.17) is 21.4 Å². The molecule has 0 heterocycles. The van der Waals surface area contributed by atoms with Crippen molar-refractivity contribution in [3.05, 3.63) is 29.3 Å². The molecule has 1 atom stereocenters. The number of nitrogens with one attached hydrogen (secondary N) is 2. The van der Waals surface area contributed by atoms with Crippen molar-refractivity contribution >= 4 is 17.6 Å². The molecule has 0 aliphatic carbocycles. The minimum atomic E-state index is -0.227. The number of hydrogen-bond donors (Lipinski definition) is 3. The van der Waals surface area contributed by atoms with Gasteiger partial charge in [-0.2, -0.15) is 0 Å². The largest absolute Gasteiger partial charge is 0.492 e. The summed E-state index contributed by atoms with van der Waals surface area (Å²) in [4.78, 5) is 11.5. The Kier molecular flexibility index (Phi) is 7.84. The molecule has 0 aromatic heterocycles. The summed E-state index contributed by atoms with van der Waals surface area (Å²) in [6.45, 7) is 3.47. The highest BCUT2D eigenvalue weighted by molar-refractivity contribution is 6.30. The fourth-order valence-electron chi connectivity index (χ4n) is 1.52. The summed E-state index contributed by atoms with van der Waals surface area (Å²) in [5.41, 5.74) is 0. The molecular formula is C14H21ClN2O3. The van der Waals surface area contributed by atoms with Crippen molar-refractivity contribution in [3.63, 3.8) is 0 Å². The van der Waals surface area contributed by atoms with Crippen molar-refractivity contribution < 1.29 is 14.6 Å². The van der Waals surface area contributed by atoms with Crippen LogP contribution in [0.25, 0.3) is 0 Å². The highest BCUT2D eigenvalue weighted by Crippen LogP contribution is 2.14. The van der Waals surface area contributed by atoms with Gasteiger partial charge < -0.3 is 20.5 Å². The van der Waals surface area contributed by atoms with Gasteiger partial charge >= 0.3 is 6.03 Å². The highest BCUT2D eigenvalue weighted by atomic mass is 35.5. The molecule has 1 aromatic carbocycles. The lowest BCUT2D eigenvalue weighted by molar-refractivity contribution is 0.230. The molecule has 2 amide bonds. The van der Waals surface area contributed by atoms with Gasteiger partial charge in [-0.3, -0.25) is 0 Å². The first-order valence-corrected chi connectivity index (χ1v) is 7.00. The minimum absolute atomic E-state index is 0.138. The average Bonchev–Trinajstić information content (AvgIpc) is 2.43. The summed E-state index contributed by atoms with van der Waals surface area (Å²) >= 11 is 5.76. The van der Waals surface area contributed by atoms with Gasteiger partial charge in [-0.25, -0.2) is 4.79 Å².